The van der Waals surface area contributed by atoms with E-state index in [1.165, 1.54) is 12.8 Å². The highest BCUT2D eigenvalue weighted by molar-refractivity contribution is 5.82. The summed E-state index contributed by atoms with van der Waals surface area (Å²) in [5, 5.41) is 0. The molecule has 1 unspecified atom stereocenters. The second-order valence-electron chi connectivity index (χ2n) is 7.31. The zero-order valence-corrected chi connectivity index (χ0v) is 12.8. The van der Waals surface area contributed by atoms with Crippen LogP contribution in [0, 0.1) is 17.3 Å². The molecule has 1 saturated carbocycles. The lowest BCUT2D eigenvalue weighted by molar-refractivity contribution is -0.127. The van der Waals surface area contributed by atoms with E-state index < -0.39 is 0 Å². The fourth-order valence-electron chi connectivity index (χ4n) is 3.54. The number of hydrogen-bond acceptors (Lipinski definition) is 3. The van der Waals surface area contributed by atoms with Gasteiger partial charge in [0.05, 0.1) is 0 Å². The van der Waals surface area contributed by atoms with Gasteiger partial charge in [0, 0.05) is 38.6 Å². The lowest BCUT2D eigenvalue weighted by Crippen LogP contribution is -2.39. The number of carbonyl (C=O) groups is 1. The molecule has 0 aromatic heterocycles. The number of ether oxygens (including phenoxy) is 1. The summed E-state index contributed by atoms with van der Waals surface area (Å²) < 4.78 is 5.40. The number of carbonyl (C=O) groups excluding carboxylic acids is 1. The minimum atomic E-state index is 0.258. The Kier molecular flexibility index (Phi) is 5.02. The van der Waals surface area contributed by atoms with E-state index in [2.05, 4.69) is 25.8 Å². The first-order valence-corrected chi connectivity index (χ1v) is 7.75. The molecule has 0 spiro atoms. The van der Waals surface area contributed by atoms with Crippen molar-refractivity contribution in [3.8, 4) is 0 Å². The summed E-state index contributed by atoms with van der Waals surface area (Å²) in [7, 11) is 2.17. The van der Waals surface area contributed by atoms with Crippen molar-refractivity contribution in [2.24, 2.45) is 17.3 Å². The largest absolute Gasteiger partial charge is 0.381 e. The highest BCUT2D eigenvalue weighted by Gasteiger charge is 2.34. The summed E-state index contributed by atoms with van der Waals surface area (Å²) in [5.74, 6) is 1.50. The molecule has 1 heterocycles. The molecule has 3 nitrogen and oxygen atoms in total. The van der Waals surface area contributed by atoms with Crippen molar-refractivity contribution in [2.45, 2.75) is 46.0 Å². The third-order valence-corrected chi connectivity index (χ3v) is 4.75. The van der Waals surface area contributed by atoms with E-state index in [1.807, 2.05) is 0 Å². The molecule has 1 saturated heterocycles. The fourth-order valence-corrected chi connectivity index (χ4v) is 3.54. The van der Waals surface area contributed by atoms with Gasteiger partial charge in [-0.3, -0.25) is 4.79 Å². The van der Waals surface area contributed by atoms with E-state index in [1.54, 1.807) is 0 Å². The first-order chi connectivity index (χ1) is 8.96. The molecule has 0 radical (unpaired) electrons. The highest BCUT2D eigenvalue weighted by atomic mass is 16.5. The predicted molar refractivity (Wildman–Crippen MR) is 77.2 cm³/mol. The van der Waals surface area contributed by atoms with Crippen LogP contribution in [0.3, 0.4) is 0 Å². The summed E-state index contributed by atoms with van der Waals surface area (Å²) in [6.07, 6.45) is 5.25. The van der Waals surface area contributed by atoms with Crippen molar-refractivity contribution >= 4 is 5.78 Å². The van der Waals surface area contributed by atoms with Crippen LogP contribution in [0.1, 0.15) is 46.0 Å². The Bertz CT molecular complexity index is 308. The van der Waals surface area contributed by atoms with Crippen molar-refractivity contribution in [3.63, 3.8) is 0 Å². The van der Waals surface area contributed by atoms with E-state index in [-0.39, 0.29) is 5.92 Å². The quantitative estimate of drug-likeness (QED) is 0.784. The molecule has 2 fully saturated rings. The van der Waals surface area contributed by atoms with Crippen LogP contribution in [0.5, 0.6) is 0 Å². The Hall–Kier alpha value is -0.410. The summed E-state index contributed by atoms with van der Waals surface area (Å²) in [6.45, 7) is 8.48. The van der Waals surface area contributed by atoms with Crippen LogP contribution in [0.15, 0.2) is 0 Å². The van der Waals surface area contributed by atoms with Crippen LogP contribution >= 0.6 is 0 Å². The first kappa shape index (κ1) is 15.0. The Morgan fingerprint density at radius 1 is 1.26 bits per heavy atom. The maximum atomic E-state index is 12.1. The van der Waals surface area contributed by atoms with Gasteiger partial charge in [0.1, 0.15) is 5.78 Å². The van der Waals surface area contributed by atoms with Gasteiger partial charge < -0.3 is 9.64 Å². The van der Waals surface area contributed by atoms with Crippen LogP contribution < -0.4 is 0 Å². The third kappa shape index (κ3) is 4.57. The molecule has 2 rings (SSSR count). The second-order valence-corrected chi connectivity index (χ2v) is 7.31. The molecule has 3 heteroatoms. The van der Waals surface area contributed by atoms with E-state index >= 15 is 0 Å². The molecule has 1 atom stereocenters. The zero-order valence-electron chi connectivity index (χ0n) is 12.8. The molecule has 0 amide bonds. The number of hydrogen-bond donors (Lipinski definition) is 0. The standard InChI is InChI=1S/C16H29NO2/c1-16(2)7-4-15(18)14(10-16)12-17(3)11-13-5-8-19-9-6-13/h13-14H,4-12H2,1-3H3. The molecule has 0 N–H and O–H groups in total. The average Bonchev–Trinajstić information content (AvgIpc) is 2.35. The molecule has 19 heavy (non-hydrogen) atoms. The number of ketones is 1. The average molecular weight is 267 g/mol. The number of Topliss-reactive ketones (excluding diaryl/α,β-unsaturated/α-hetero) is 1. The van der Waals surface area contributed by atoms with Gasteiger partial charge in [-0.2, -0.15) is 0 Å². The van der Waals surface area contributed by atoms with Gasteiger partial charge in [-0.15, -0.1) is 0 Å². The maximum absolute atomic E-state index is 12.1. The second kappa shape index (κ2) is 6.36. The van der Waals surface area contributed by atoms with Crippen LogP contribution in [0.25, 0.3) is 0 Å². The van der Waals surface area contributed by atoms with Gasteiger partial charge in [0.25, 0.3) is 0 Å². The first-order valence-electron chi connectivity index (χ1n) is 7.75. The van der Waals surface area contributed by atoms with E-state index in [0.717, 1.165) is 51.5 Å². The normalized spacial score (nSPS) is 28.8. The fraction of sp³-hybridized carbons (Fsp3) is 0.938. The van der Waals surface area contributed by atoms with E-state index in [4.69, 9.17) is 4.74 Å². The maximum Gasteiger partial charge on any atom is 0.137 e. The van der Waals surface area contributed by atoms with Gasteiger partial charge in [0.15, 0.2) is 0 Å². The van der Waals surface area contributed by atoms with Crippen LogP contribution in [-0.2, 0) is 9.53 Å². The smallest absolute Gasteiger partial charge is 0.137 e. The number of rotatable bonds is 4. The van der Waals surface area contributed by atoms with Crippen LogP contribution in [0.2, 0.25) is 0 Å². The van der Waals surface area contributed by atoms with Crippen LogP contribution in [0.4, 0.5) is 0 Å². The Morgan fingerprint density at radius 2 is 1.95 bits per heavy atom. The molecule has 2 aliphatic rings. The van der Waals surface area contributed by atoms with Gasteiger partial charge in [-0.1, -0.05) is 13.8 Å². The minimum Gasteiger partial charge on any atom is -0.381 e. The topological polar surface area (TPSA) is 29.5 Å². The predicted octanol–water partition coefficient (Wildman–Crippen LogP) is 2.74. The zero-order chi connectivity index (χ0) is 13.9. The molecule has 0 aromatic rings. The monoisotopic (exact) mass is 267 g/mol. The van der Waals surface area contributed by atoms with Crippen molar-refractivity contribution in [2.75, 3.05) is 33.4 Å². The molecule has 1 aliphatic carbocycles. The Labute approximate surface area is 117 Å². The number of nitrogens with zero attached hydrogens (tertiary/aromatic N) is 1. The molecule has 1 aliphatic heterocycles. The summed E-state index contributed by atoms with van der Waals surface area (Å²) in [6, 6.07) is 0. The Balaban J connectivity index is 1.80. The lowest BCUT2D eigenvalue weighted by Gasteiger charge is -2.36. The summed E-state index contributed by atoms with van der Waals surface area (Å²) in [4.78, 5) is 14.4. The molecule has 110 valence electrons. The van der Waals surface area contributed by atoms with Crippen molar-refractivity contribution < 1.29 is 9.53 Å². The van der Waals surface area contributed by atoms with Crippen molar-refractivity contribution in [1.82, 2.24) is 4.90 Å². The highest BCUT2D eigenvalue weighted by Crippen LogP contribution is 2.37. The molecule has 0 aromatic carbocycles. The van der Waals surface area contributed by atoms with Crippen LogP contribution in [-0.4, -0.2) is 44.0 Å². The van der Waals surface area contributed by atoms with Gasteiger partial charge in [-0.25, -0.2) is 0 Å². The Morgan fingerprint density at radius 3 is 2.63 bits per heavy atom. The third-order valence-electron chi connectivity index (χ3n) is 4.75. The van der Waals surface area contributed by atoms with Crippen molar-refractivity contribution in [1.29, 1.82) is 0 Å². The SMILES string of the molecule is CN(CC1CCOCC1)CC1CC(C)(C)CCC1=O. The van der Waals surface area contributed by atoms with E-state index in [0.29, 0.717) is 11.2 Å². The molecule has 0 bridgehead atoms. The lowest BCUT2D eigenvalue weighted by atomic mass is 9.71. The van der Waals surface area contributed by atoms with Crippen molar-refractivity contribution in [3.05, 3.63) is 0 Å². The van der Waals surface area contributed by atoms with Gasteiger partial charge in [0.2, 0.25) is 0 Å². The minimum absolute atomic E-state index is 0.258. The van der Waals surface area contributed by atoms with E-state index in [9.17, 15) is 4.79 Å². The molecular formula is C16H29NO2. The van der Waals surface area contributed by atoms with Gasteiger partial charge >= 0.3 is 0 Å². The summed E-state index contributed by atoms with van der Waals surface area (Å²) >= 11 is 0. The summed E-state index contributed by atoms with van der Waals surface area (Å²) in [5.41, 5.74) is 0.345. The molecular weight excluding hydrogens is 238 g/mol. The van der Waals surface area contributed by atoms with Gasteiger partial charge in [-0.05, 0) is 44.1 Å².